The minimum Gasteiger partial charge on any atom is -0.398 e. The second-order valence-corrected chi connectivity index (χ2v) is 8.52. The summed E-state index contributed by atoms with van der Waals surface area (Å²) in [7, 11) is 2.13. The van der Waals surface area contributed by atoms with Crippen LogP contribution in [0.4, 0.5) is 17.1 Å². The zero-order valence-electron chi connectivity index (χ0n) is 20.0. The fourth-order valence-corrected chi connectivity index (χ4v) is 4.37. The summed E-state index contributed by atoms with van der Waals surface area (Å²) in [5.74, 6) is 0.429. The van der Waals surface area contributed by atoms with Gasteiger partial charge in [-0.1, -0.05) is 52.5 Å². The van der Waals surface area contributed by atoms with Gasteiger partial charge in [0.15, 0.2) is 0 Å². The quantitative estimate of drug-likeness (QED) is 0.489. The van der Waals surface area contributed by atoms with E-state index in [9.17, 15) is 0 Å². The van der Waals surface area contributed by atoms with Crippen molar-refractivity contribution in [2.45, 2.75) is 47.5 Å². The number of hydrogen-bond acceptors (Lipinski definition) is 3. The molecule has 2 aromatic carbocycles. The molecule has 0 saturated heterocycles. The van der Waals surface area contributed by atoms with Crippen LogP contribution in [0.3, 0.4) is 0 Å². The van der Waals surface area contributed by atoms with Crippen LogP contribution in [0.15, 0.2) is 60.8 Å². The number of fused-ring (bicyclic) bond motifs is 1. The zero-order chi connectivity index (χ0) is 22.7. The third-order valence-electron chi connectivity index (χ3n) is 6.14. The smallest absolute Gasteiger partial charge is 0.0488 e. The number of rotatable bonds is 7. The fraction of sp³-hybridized carbons (Fsp3) is 0.357. The van der Waals surface area contributed by atoms with Gasteiger partial charge in [-0.2, -0.15) is 0 Å². The third kappa shape index (κ3) is 4.41. The standard InChI is InChI=1S/C28H37N3/c1-8-11-27(23-14-12-21(9-2)17-26(23)29)30(7)22-13-15-28-25(18-22)24(19(4)5)16-20(6)31(28)10-3/h11-19H,6,8-10,29H2,1-5,7H3. The number of anilines is 3. The molecule has 0 saturated carbocycles. The summed E-state index contributed by atoms with van der Waals surface area (Å²) >= 11 is 0. The number of nitrogen functional groups attached to an aromatic ring is 1. The van der Waals surface area contributed by atoms with Crippen LogP contribution in [0, 0.1) is 5.92 Å². The molecule has 0 spiro atoms. The maximum atomic E-state index is 6.48. The van der Waals surface area contributed by atoms with E-state index in [1.807, 2.05) is 0 Å². The van der Waals surface area contributed by atoms with Gasteiger partial charge in [0.05, 0.1) is 0 Å². The monoisotopic (exact) mass is 415 g/mol. The third-order valence-corrected chi connectivity index (χ3v) is 6.14. The Morgan fingerprint density at radius 1 is 1.13 bits per heavy atom. The molecule has 3 heteroatoms. The van der Waals surface area contributed by atoms with Crippen molar-refractivity contribution >= 4 is 28.3 Å². The van der Waals surface area contributed by atoms with Crippen LogP contribution in [-0.2, 0) is 6.42 Å². The predicted octanol–water partition coefficient (Wildman–Crippen LogP) is 7.11. The van der Waals surface area contributed by atoms with E-state index in [4.69, 9.17) is 5.73 Å². The Morgan fingerprint density at radius 3 is 2.45 bits per heavy atom. The first kappa shape index (κ1) is 22.7. The number of aryl methyl sites for hydroxylation is 1. The summed E-state index contributed by atoms with van der Waals surface area (Å²) in [5.41, 5.74) is 16.9. The molecule has 0 fully saturated rings. The van der Waals surface area contributed by atoms with E-state index >= 15 is 0 Å². The Morgan fingerprint density at radius 2 is 1.87 bits per heavy atom. The average molecular weight is 416 g/mol. The minimum absolute atomic E-state index is 0.429. The lowest BCUT2D eigenvalue weighted by molar-refractivity contribution is 0.843. The summed E-state index contributed by atoms with van der Waals surface area (Å²) in [6, 6.07) is 13.2. The van der Waals surface area contributed by atoms with E-state index < -0.39 is 0 Å². The maximum Gasteiger partial charge on any atom is 0.0488 e. The van der Waals surface area contributed by atoms with Crippen molar-refractivity contribution in [2.24, 2.45) is 5.92 Å². The van der Waals surface area contributed by atoms with Crippen molar-refractivity contribution in [2.75, 3.05) is 29.1 Å². The molecule has 2 aromatic rings. The zero-order valence-corrected chi connectivity index (χ0v) is 20.0. The molecule has 0 atom stereocenters. The minimum atomic E-state index is 0.429. The Labute approximate surface area is 188 Å². The van der Waals surface area contributed by atoms with E-state index in [0.29, 0.717) is 5.92 Å². The lowest BCUT2D eigenvalue weighted by Crippen LogP contribution is -2.25. The highest BCUT2D eigenvalue weighted by molar-refractivity contribution is 5.90. The molecule has 164 valence electrons. The van der Waals surface area contributed by atoms with Crippen molar-refractivity contribution < 1.29 is 0 Å². The van der Waals surface area contributed by atoms with Crippen LogP contribution in [-0.4, -0.2) is 13.6 Å². The molecule has 1 heterocycles. The normalized spacial score (nSPS) is 14.0. The molecule has 3 rings (SSSR count). The van der Waals surface area contributed by atoms with Crippen molar-refractivity contribution in [3.8, 4) is 0 Å². The molecule has 0 unspecified atom stereocenters. The summed E-state index contributed by atoms with van der Waals surface area (Å²) in [4.78, 5) is 4.55. The largest absolute Gasteiger partial charge is 0.398 e. The van der Waals surface area contributed by atoms with Gasteiger partial charge in [0.1, 0.15) is 0 Å². The molecule has 0 aromatic heterocycles. The summed E-state index contributed by atoms with van der Waals surface area (Å²) in [5, 5.41) is 0. The number of allylic oxidation sites excluding steroid dienone is 3. The number of benzene rings is 2. The number of nitrogens with zero attached hydrogens (tertiary/aromatic N) is 2. The number of hydrogen-bond donors (Lipinski definition) is 1. The Balaban J connectivity index is 2.08. The van der Waals surface area contributed by atoms with Gasteiger partial charge in [-0.05, 0) is 67.2 Å². The molecule has 0 aliphatic carbocycles. The summed E-state index contributed by atoms with van der Waals surface area (Å²) < 4.78 is 0. The molecular weight excluding hydrogens is 378 g/mol. The highest BCUT2D eigenvalue weighted by Gasteiger charge is 2.23. The van der Waals surface area contributed by atoms with E-state index in [1.54, 1.807) is 0 Å². The predicted molar refractivity (Wildman–Crippen MR) is 138 cm³/mol. The highest BCUT2D eigenvalue weighted by Crippen LogP contribution is 2.41. The molecular formula is C28H37N3. The van der Waals surface area contributed by atoms with Crippen molar-refractivity contribution in [3.05, 3.63) is 77.5 Å². The SMILES string of the molecule is C=C1C=C(C(C)C)c2cc(N(C)C(=CCC)c3ccc(CC)cc3N)ccc2N1CC. The summed E-state index contributed by atoms with van der Waals surface area (Å²) in [6.07, 6.45) is 6.43. The molecule has 0 amide bonds. The van der Waals surface area contributed by atoms with E-state index in [-0.39, 0.29) is 0 Å². The van der Waals surface area contributed by atoms with Crippen molar-refractivity contribution in [1.82, 2.24) is 0 Å². The van der Waals surface area contributed by atoms with Gasteiger partial charge in [0.25, 0.3) is 0 Å². The van der Waals surface area contributed by atoms with Crippen molar-refractivity contribution in [1.29, 1.82) is 0 Å². The fourth-order valence-electron chi connectivity index (χ4n) is 4.37. The highest BCUT2D eigenvalue weighted by atomic mass is 15.1. The first-order valence-corrected chi connectivity index (χ1v) is 11.5. The molecule has 1 aliphatic rings. The van der Waals surface area contributed by atoms with Gasteiger partial charge in [0, 0.05) is 53.2 Å². The Bertz CT molecular complexity index is 1030. The van der Waals surface area contributed by atoms with E-state index in [2.05, 4.69) is 107 Å². The van der Waals surface area contributed by atoms with Gasteiger partial charge in [-0.15, -0.1) is 0 Å². The average Bonchev–Trinajstić information content (AvgIpc) is 2.76. The Hall–Kier alpha value is -2.94. The summed E-state index contributed by atoms with van der Waals surface area (Å²) in [6.45, 7) is 16.2. The van der Waals surface area contributed by atoms with Gasteiger partial charge in [0.2, 0.25) is 0 Å². The topological polar surface area (TPSA) is 32.5 Å². The van der Waals surface area contributed by atoms with Crippen LogP contribution in [0.25, 0.3) is 11.3 Å². The maximum absolute atomic E-state index is 6.48. The van der Waals surface area contributed by atoms with Crippen LogP contribution < -0.4 is 15.5 Å². The van der Waals surface area contributed by atoms with E-state index in [1.165, 1.54) is 22.4 Å². The van der Waals surface area contributed by atoms with Crippen LogP contribution in [0.1, 0.15) is 57.7 Å². The Kier molecular flexibility index (Phi) is 6.94. The van der Waals surface area contributed by atoms with Crippen LogP contribution >= 0.6 is 0 Å². The van der Waals surface area contributed by atoms with Gasteiger partial charge < -0.3 is 15.5 Å². The van der Waals surface area contributed by atoms with Crippen molar-refractivity contribution in [3.63, 3.8) is 0 Å². The lowest BCUT2D eigenvalue weighted by atomic mass is 9.89. The molecule has 3 nitrogen and oxygen atoms in total. The van der Waals surface area contributed by atoms with E-state index in [0.717, 1.165) is 47.7 Å². The lowest BCUT2D eigenvalue weighted by Gasteiger charge is -2.34. The molecule has 2 N–H and O–H groups in total. The van der Waals surface area contributed by atoms with Gasteiger partial charge in [-0.25, -0.2) is 0 Å². The van der Waals surface area contributed by atoms with Gasteiger partial charge >= 0.3 is 0 Å². The van der Waals surface area contributed by atoms with Crippen LogP contribution in [0.5, 0.6) is 0 Å². The molecule has 0 bridgehead atoms. The molecule has 31 heavy (non-hydrogen) atoms. The first-order valence-electron chi connectivity index (χ1n) is 11.5. The second kappa shape index (κ2) is 9.47. The molecule has 1 aliphatic heterocycles. The number of likely N-dealkylation sites (N-methyl/N-ethyl adjacent to an activating group) is 1. The van der Waals surface area contributed by atoms with Crippen LogP contribution in [0.2, 0.25) is 0 Å². The van der Waals surface area contributed by atoms with Gasteiger partial charge in [-0.3, -0.25) is 0 Å². The molecule has 0 radical (unpaired) electrons. The first-order chi connectivity index (χ1) is 14.8. The number of nitrogens with two attached hydrogens (primary N) is 1. The second-order valence-electron chi connectivity index (χ2n) is 8.52.